The van der Waals surface area contributed by atoms with E-state index in [-0.39, 0.29) is 11.6 Å². The van der Waals surface area contributed by atoms with Gasteiger partial charge in [0.15, 0.2) is 11.6 Å². The van der Waals surface area contributed by atoms with Crippen LogP contribution in [0.3, 0.4) is 0 Å². The molecule has 0 aliphatic carbocycles. The minimum Gasteiger partial charge on any atom is -0.494 e. The van der Waals surface area contributed by atoms with Crippen molar-refractivity contribution in [2.24, 2.45) is 5.92 Å². The zero-order valence-corrected chi connectivity index (χ0v) is 16.0. The molecular weight excluding hydrogens is 366 g/mol. The summed E-state index contributed by atoms with van der Waals surface area (Å²) in [5, 5.41) is 2.37. The number of anilines is 1. The van der Waals surface area contributed by atoms with Crippen molar-refractivity contribution in [1.82, 2.24) is 4.90 Å². The minimum atomic E-state index is -1.15. The number of hydrogen-bond acceptors (Lipinski definition) is 3. The first-order chi connectivity index (χ1) is 13.3. The first-order valence-corrected chi connectivity index (χ1v) is 9.06. The van der Waals surface area contributed by atoms with Crippen LogP contribution in [0.1, 0.15) is 24.0 Å². The average Bonchev–Trinajstić information content (AvgIpc) is 2.94. The molecule has 1 heterocycles. The molecule has 5 nitrogen and oxygen atoms in total. The van der Waals surface area contributed by atoms with Gasteiger partial charge in [-0.1, -0.05) is 12.1 Å². The van der Waals surface area contributed by atoms with Crippen LogP contribution in [-0.2, 0) is 9.59 Å². The Hall–Kier alpha value is -2.96. The highest BCUT2D eigenvalue weighted by molar-refractivity contribution is 6.08. The second-order valence-corrected chi connectivity index (χ2v) is 6.91. The van der Waals surface area contributed by atoms with Crippen molar-refractivity contribution >= 4 is 17.5 Å². The standard InChI is InChI=1S/C21H22F2N2O3/c1-4-28-14-9-12(2)8-13(10-14)15-11-25(3)21(27)18(15)20(26)24-17-7-5-6-16(22)19(17)23/h5-10,15,18H,4,11H2,1-3H3,(H,24,26). The number of carbonyl (C=O) groups is 2. The topological polar surface area (TPSA) is 58.6 Å². The quantitative estimate of drug-likeness (QED) is 0.798. The number of likely N-dealkylation sites (N-methyl/N-ethyl adjacent to an activating group) is 1. The van der Waals surface area contributed by atoms with Crippen LogP contribution >= 0.6 is 0 Å². The van der Waals surface area contributed by atoms with E-state index in [0.29, 0.717) is 18.9 Å². The summed E-state index contributed by atoms with van der Waals surface area (Å²) in [7, 11) is 1.62. The Balaban J connectivity index is 1.92. The molecular formula is C21H22F2N2O3. The number of rotatable bonds is 5. The minimum absolute atomic E-state index is 0.287. The van der Waals surface area contributed by atoms with Crippen LogP contribution in [0.2, 0.25) is 0 Å². The molecule has 2 unspecified atom stereocenters. The molecule has 2 atom stereocenters. The molecule has 1 fully saturated rings. The predicted octanol–water partition coefficient (Wildman–Crippen LogP) is 3.48. The van der Waals surface area contributed by atoms with E-state index >= 15 is 0 Å². The average molecular weight is 388 g/mol. The van der Waals surface area contributed by atoms with Gasteiger partial charge in [0.1, 0.15) is 11.7 Å². The molecule has 0 bridgehead atoms. The Bertz CT molecular complexity index is 917. The molecule has 1 saturated heterocycles. The summed E-state index contributed by atoms with van der Waals surface area (Å²) in [4.78, 5) is 26.9. The number of amides is 2. The Morgan fingerprint density at radius 2 is 2.04 bits per heavy atom. The molecule has 1 aliphatic heterocycles. The van der Waals surface area contributed by atoms with Crippen LogP contribution < -0.4 is 10.1 Å². The maximum Gasteiger partial charge on any atom is 0.237 e. The maximum atomic E-state index is 13.9. The second-order valence-electron chi connectivity index (χ2n) is 6.91. The zero-order valence-electron chi connectivity index (χ0n) is 16.0. The Morgan fingerprint density at radius 3 is 2.75 bits per heavy atom. The van der Waals surface area contributed by atoms with Gasteiger partial charge in [-0.3, -0.25) is 9.59 Å². The third-order valence-corrected chi connectivity index (χ3v) is 4.82. The monoisotopic (exact) mass is 388 g/mol. The van der Waals surface area contributed by atoms with Crippen LogP contribution in [-0.4, -0.2) is 36.9 Å². The normalized spacial score (nSPS) is 19.0. The zero-order chi connectivity index (χ0) is 20.4. The van der Waals surface area contributed by atoms with Crippen LogP contribution in [0.4, 0.5) is 14.5 Å². The van der Waals surface area contributed by atoms with Gasteiger partial charge in [0.25, 0.3) is 0 Å². The van der Waals surface area contributed by atoms with Crippen LogP contribution in [0.15, 0.2) is 36.4 Å². The van der Waals surface area contributed by atoms with Gasteiger partial charge in [0, 0.05) is 19.5 Å². The van der Waals surface area contributed by atoms with Crippen LogP contribution in [0.25, 0.3) is 0 Å². The summed E-state index contributed by atoms with van der Waals surface area (Å²) in [6.45, 7) is 4.62. The lowest BCUT2D eigenvalue weighted by molar-refractivity contribution is -0.135. The van der Waals surface area contributed by atoms with Gasteiger partial charge in [-0.2, -0.15) is 0 Å². The number of ether oxygens (including phenoxy) is 1. The van der Waals surface area contributed by atoms with Crippen molar-refractivity contribution in [3.8, 4) is 5.75 Å². The SMILES string of the molecule is CCOc1cc(C)cc(C2CN(C)C(=O)C2C(=O)Nc2cccc(F)c2F)c1. The summed E-state index contributed by atoms with van der Waals surface area (Å²) in [6, 6.07) is 9.12. The lowest BCUT2D eigenvalue weighted by Crippen LogP contribution is -2.33. The molecule has 0 radical (unpaired) electrons. The van der Waals surface area contributed by atoms with E-state index in [2.05, 4.69) is 5.32 Å². The molecule has 3 rings (SSSR count). The maximum absolute atomic E-state index is 13.9. The van der Waals surface area contributed by atoms with Crippen molar-refractivity contribution in [2.75, 3.05) is 25.5 Å². The number of likely N-dealkylation sites (tertiary alicyclic amines) is 1. The van der Waals surface area contributed by atoms with E-state index in [1.165, 1.54) is 17.0 Å². The van der Waals surface area contributed by atoms with Crippen molar-refractivity contribution in [3.05, 3.63) is 59.2 Å². The van der Waals surface area contributed by atoms with Crippen LogP contribution in [0, 0.1) is 24.5 Å². The summed E-state index contributed by atoms with van der Waals surface area (Å²) < 4.78 is 32.9. The van der Waals surface area contributed by atoms with E-state index in [1.807, 2.05) is 32.0 Å². The summed E-state index contributed by atoms with van der Waals surface area (Å²) in [5.74, 6) is -4.04. The first-order valence-electron chi connectivity index (χ1n) is 9.06. The molecule has 148 valence electrons. The molecule has 0 saturated carbocycles. The molecule has 2 aromatic rings. The fourth-order valence-electron chi connectivity index (χ4n) is 3.54. The number of benzene rings is 2. The lowest BCUT2D eigenvalue weighted by atomic mass is 9.87. The Labute approximate surface area is 162 Å². The van der Waals surface area contributed by atoms with Gasteiger partial charge >= 0.3 is 0 Å². The van der Waals surface area contributed by atoms with Gasteiger partial charge in [-0.25, -0.2) is 8.78 Å². The van der Waals surface area contributed by atoms with E-state index in [4.69, 9.17) is 4.74 Å². The largest absolute Gasteiger partial charge is 0.494 e. The highest BCUT2D eigenvalue weighted by atomic mass is 19.2. The number of halogens is 2. The van der Waals surface area contributed by atoms with Crippen molar-refractivity contribution in [1.29, 1.82) is 0 Å². The molecule has 28 heavy (non-hydrogen) atoms. The van der Waals surface area contributed by atoms with Gasteiger partial charge in [0.2, 0.25) is 11.8 Å². The lowest BCUT2D eigenvalue weighted by Gasteiger charge is -2.19. The van der Waals surface area contributed by atoms with Gasteiger partial charge in [-0.15, -0.1) is 0 Å². The molecule has 2 aromatic carbocycles. The molecule has 2 amide bonds. The number of aryl methyl sites for hydroxylation is 1. The first kappa shape index (κ1) is 19.8. The van der Waals surface area contributed by atoms with Crippen molar-refractivity contribution in [2.45, 2.75) is 19.8 Å². The van der Waals surface area contributed by atoms with Gasteiger partial charge < -0.3 is 15.0 Å². The number of nitrogens with zero attached hydrogens (tertiary/aromatic N) is 1. The smallest absolute Gasteiger partial charge is 0.237 e. The molecule has 0 aromatic heterocycles. The fraction of sp³-hybridized carbons (Fsp3) is 0.333. The van der Waals surface area contributed by atoms with E-state index < -0.39 is 29.4 Å². The van der Waals surface area contributed by atoms with E-state index in [1.54, 1.807) is 7.05 Å². The summed E-state index contributed by atoms with van der Waals surface area (Å²) in [6.07, 6.45) is 0. The number of carbonyl (C=O) groups excluding carboxylic acids is 2. The summed E-state index contributed by atoms with van der Waals surface area (Å²) >= 11 is 0. The molecule has 1 aliphatic rings. The van der Waals surface area contributed by atoms with Crippen molar-refractivity contribution in [3.63, 3.8) is 0 Å². The van der Waals surface area contributed by atoms with Gasteiger partial charge in [0.05, 0.1) is 12.3 Å². The highest BCUT2D eigenvalue weighted by Gasteiger charge is 2.44. The van der Waals surface area contributed by atoms with E-state index in [9.17, 15) is 18.4 Å². The summed E-state index contributed by atoms with van der Waals surface area (Å²) in [5.41, 5.74) is 1.45. The molecule has 1 N–H and O–H groups in total. The van der Waals surface area contributed by atoms with Crippen LogP contribution in [0.5, 0.6) is 5.75 Å². The number of nitrogens with one attached hydrogen (secondary N) is 1. The molecule has 7 heteroatoms. The van der Waals surface area contributed by atoms with Crippen molar-refractivity contribution < 1.29 is 23.1 Å². The number of hydrogen-bond donors (Lipinski definition) is 1. The predicted molar refractivity (Wildman–Crippen MR) is 101 cm³/mol. The van der Waals surface area contributed by atoms with Gasteiger partial charge in [-0.05, 0) is 49.2 Å². The third kappa shape index (κ3) is 3.83. The Kier molecular flexibility index (Phi) is 5.63. The highest BCUT2D eigenvalue weighted by Crippen LogP contribution is 2.36. The van der Waals surface area contributed by atoms with E-state index in [0.717, 1.165) is 17.2 Å². The third-order valence-electron chi connectivity index (χ3n) is 4.82. The molecule has 0 spiro atoms. The Morgan fingerprint density at radius 1 is 1.29 bits per heavy atom. The second kappa shape index (κ2) is 7.96. The fourth-order valence-corrected chi connectivity index (χ4v) is 3.54.